The summed E-state index contributed by atoms with van der Waals surface area (Å²) >= 11 is 0. The summed E-state index contributed by atoms with van der Waals surface area (Å²) in [7, 11) is 0. The molecule has 0 amide bonds. The Morgan fingerprint density at radius 2 is 1.05 bits per heavy atom. The minimum atomic E-state index is -0.127. The van der Waals surface area contributed by atoms with Gasteiger partial charge in [0.25, 0.3) is 0 Å². The summed E-state index contributed by atoms with van der Waals surface area (Å²) in [6.45, 7) is 34.9. The zero-order valence-corrected chi connectivity index (χ0v) is 40.5. The van der Waals surface area contributed by atoms with Crippen molar-refractivity contribution in [1.29, 1.82) is 0 Å². The van der Waals surface area contributed by atoms with Crippen LogP contribution in [-0.4, -0.2) is 16.2 Å². The van der Waals surface area contributed by atoms with Crippen LogP contribution in [0.3, 0.4) is 0 Å². The van der Waals surface area contributed by atoms with Gasteiger partial charge in [0.05, 0.1) is 23.4 Å². The average Bonchev–Trinajstić information content (AvgIpc) is 3.79. The number of rotatable bonds is 6. The molecule has 0 radical (unpaired) electrons. The van der Waals surface area contributed by atoms with Gasteiger partial charge in [-0.15, -0.1) is 0 Å². The van der Waals surface area contributed by atoms with Crippen LogP contribution in [0.1, 0.15) is 137 Å². The van der Waals surface area contributed by atoms with Crippen molar-refractivity contribution in [3.05, 3.63) is 161 Å². The van der Waals surface area contributed by atoms with Crippen molar-refractivity contribution in [3.8, 4) is 17.3 Å². The topological polar surface area (TPSA) is 33.5 Å². The van der Waals surface area contributed by atoms with E-state index in [1.165, 1.54) is 49.8 Å². The number of benzene rings is 5. The molecule has 1 aliphatic rings. The number of anilines is 2. The molecule has 8 rings (SSSR count). The summed E-state index contributed by atoms with van der Waals surface area (Å²) in [6.07, 6.45) is 4.27. The van der Waals surface area contributed by atoms with Gasteiger partial charge < -0.3 is 14.5 Å². The molecule has 0 atom stereocenters. The number of hydrogen-bond acceptors (Lipinski definition) is 4. The molecule has 3 heterocycles. The van der Waals surface area contributed by atoms with Crippen LogP contribution in [0.2, 0.25) is 0 Å². The van der Waals surface area contributed by atoms with E-state index in [-0.39, 0.29) is 27.1 Å². The highest BCUT2D eigenvalue weighted by atomic mass is 16.5. The van der Waals surface area contributed by atoms with E-state index in [9.17, 15) is 0 Å². The second-order valence-corrected chi connectivity index (χ2v) is 22.9. The van der Waals surface area contributed by atoms with Gasteiger partial charge >= 0.3 is 0 Å². The van der Waals surface area contributed by atoms with Gasteiger partial charge in [-0.1, -0.05) is 146 Å². The van der Waals surface area contributed by atoms with Crippen molar-refractivity contribution in [2.24, 2.45) is 0 Å². The zero-order chi connectivity index (χ0) is 45.4. The van der Waals surface area contributed by atoms with Crippen LogP contribution >= 0.6 is 0 Å². The molecule has 0 aliphatic carbocycles. The fourth-order valence-electron chi connectivity index (χ4n) is 8.50. The molecule has 0 fully saturated rings. The third kappa shape index (κ3) is 8.90. The maximum absolute atomic E-state index is 7.03. The molecule has 5 heteroatoms. The summed E-state index contributed by atoms with van der Waals surface area (Å²) in [5, 5.41) is 2.39. The van der Waals surface area contributed by atoms with Gasteiger partial charge in [0, 0.05) is 46.7 Å². The molecular weight excluding hydrogens is 769 g/mol. The predicted molar refractivity (Wildman–Crippen MR) is 269 cm³/mol. The summed E-state index contributed by atoms with van der Waals surface area (Å²) < 4.78 is 9.34. The summed E-state index contributed by atoms with van der Waals surface area (Å²) in [5.41, 5.74) is 13.1. The van der Waals surface area contributed by atoms with Gasteiger partial charge in [0.1, 0.15) is 17.3 Å². The number of ether oxygens (including phenoxy) is 1. The van der Waals surface area contributed by atoms with Crippen LogP contribution < -0.4 is 14.5 Å². The van der Waals surface area contributed by atoms with Gasteiger partial charge in [-0.2, -0.15) is 0 Å². The first-order chi connectivity index (χ1) is 29.3. The lowest BCUT2D eigenvalue weighted by atomic mass is 9.80. The summed E-state index contributed by atoms with van der Waals surface area (Å²) in [5.74, 6) is 2.49. The number of aromatic nitrogens is 2. The van der Waals surface area contributed by atoms with E-state index in [1.807, 2.05) is 6.20 Å². The average molecular weight is 837 g/mol. The van der Waals surface area contributed by atoms with E-state index in [0.717, 1.165) is 39.7 Å². The maximum atomic E-state index is 7.03. The van der Waals surface area contributed by atoms with E-state index in [4.69, 9.17) is 9.72 Å². The molecule has 0 saturated heterocycles. The highest BCUT2D eigenvalue weighted by Crippen LogP contribution is 2.43. The van der Waals surface area contributed by atoms with E-state index in [2.05, 4.69) is 240 Å². The highest BCUT2D eigenvalue weighted by Gasteiger charge is 2.30. The van der Waals surface area contributed by atoms with Gasteiger partial charge in [0.2, 0.25) is 0 Å². The van der Waals surface area contributed by atoms with E-state index in [1.54, 1.807) is 0 Å². The van der Waals surface area contributed by atoms with Gasteiger partial charge in [0.15, 0.2) is 0 Å². The Labute approximate surface area is 377 Å². The molecule has 0 spiro atoms. The lowest BCUT2D eigenvalue weighted by Gasteiger charge is -2.30. The van der Waals surface area contributed by atoms with Gasteiger partial charge in [-0.05, 0) is 121 Å². The van der Waals surface area contributed by atoms with E-state index < -0.39 is 0 Å². The van der Waals surface area contributed by atoms with Crippen LogP contribution in [0.25, 0.3) is 33.3 Å². The first-order valence-corrected chi connectivity index (χ1v) is 22.7. The molecule has 2 aromatic heterocycles. The fraction of sp³-hybridized carbons (Fsp3) is 0.362. The van der Waals surface area contributed by atoms with Crippen LogP contribution in [0.5, 0.6) is 11.5 Å². The Hall–Kier alpha value is -5.81. The molecule has 0 unspecified atom stereocenters. The Kier molecular flexibility index (Phi) is 10.8. The molecule has 63 heavy (non-hydrogen) atoms. The van der Waals surface area contributed by atoms with Crippen LogP contribution in [0.15, 0.2) is 128 Å². The monoisotopic (exact) mass is 837 g/mol. The Morgan fingerprint density at radius 1 is 0.460 bits per heavy atom. The van der Waals surface area contributed by atoms with Crippen molar-refractivity contribution in [1.82, 2.24) is 9.55 Å². The molecule has 1 aliphatic heterocycles. The molecular formula is C58H68N4O. The molecule has 5 nitrogen and oxygen atoms in total. The maximum Gasteiger partial charge on any atom is 0.137 e. The summed E-state index contributed by atoms with van der Waals surface area (Å²) in [6, 6.07) is 42.5. The number of fused-ring (bicyclic) bond motifs is 3. The molecule has 7 aromatic rings. The van der Waals surface area contributed by atoms with Crippen molar-refractivity contribution < 1.29 is 4.74 Å². The molecule has 0 N–H and O–H groups in total. The van der Waals surface area contributed by atoms with Crippen molar-refractivity contribution in [2.75, 3.05) is 16.5 Å². The number of nitrogens with zero attached hydrogens (tertiary/aromatic N) is 4. The van der Waals surface area contributed by atoms with Crippen molar-refractivity contribution in [2.45, 2.75) is 131 Å². The first kappa shape index (κ1) is 43.8. The largest absolute Gasteiger partial charge is 0.457 e. The van der Waals surface area contributed by atoms with Gasteiger partial charge in [-0.3, -0.25) is 4.57 Å². The molecule has 0 saturated carbocycles. The lowest BCUT2D eigenvalue weighted by molar-refractivity contribution is 0.479. The first-order valence-electron chi connectivity index (χ1n) is 22.7. The Bertz CT molecular complexity index is 2830. The molecule has 5 aromatic carbocycles. The van der Waals surface area contributed by atoms with Crippen molar-refractivity contribution in [3.63, 3.8) is 0 Å². The van der Waals surface area contributed by atoms with Crippen LogP contribution in [0.4, 0.5) is 11.4 Å². The third-order valence-electron chi connectivity index (χ3n) is 12.7. The fourth-order valence-corrected chi connectivity index (χ4v) is 8.50. The minimum Gasteiger partial charge on any atom is -0.457 e. The highest BCUT2D eigenvalue weighted by molar-refractivity contribution is 6.09. The lowest BCUT2D eigenvalue weighted by Crippen LogP contribution is -2.27. The number of pyridine rings is 1. The SMILES string of the molecule is CC(C)(C)c1cc(Oc2ccc3c4cc(C(C)(C)C)ccc4n(-c4cc(C(C)(C)C)ccn4)c3c2)cc(N2CN(c3cc(C(C)(C)C)cc(C(C)(C)C)c3)C=C2c2ccccc2)c1. The standard InChI is InChI=1S/C58H68N4O/c1-54(2,3)39-21-24-50-49(32-39)48-23-22-46(35-51(48)62(50)53-33-40(25-26-59-53)55(4,5)6)63-47-31-43(58(13,14)15)30-45(34-47)61-37-60(36-52(61)38-19-17-16-18-20-38)44-28-41(56(7,8)9)27-42(29-44)57(10,11)12/h16-36H,37H2,1-15H3. The van der Waals surface area contributed by atoms with E-state index >= 15 is 0 Å². The van der Waals surface area contributed by atoms with Crippen molar-refractivity contribution >= 4 is 38.9 Å². The molecule has 326 valence electrons. The quantitative estimate of drug-likeness (QED) is 0.167. The van der Waals surface area contributed by atoms with E-state index in [0.29, 0.717) is 6.67 Å². The third-order valence-corrected chi connectivity index (χ3v) is 12.7. The van der Waals surface area contributed by atoms with Crippen LogP contribution in [0, 0.1) is 0 Å². The summed E-state index contributed by atoms with van der Waals surface area (Å²) in [4.78, 5) is 9.83. The Balaban J connectivity index is 1.25. The predicted octanol–water partition coefficient (Wildman–Crippen LogP) is 15.7. The second-order valence-electron chi connectivity index (χ2n) is 22.9. The minimum absolute atomic E-state index is 0.00833. The van der Waals surface area contributed by atoms with Gasteiger partial charge in [-0.25, -0.2) is 4.98 Å². The smallest absolute Gasteiger partial charge is 0.137 e. The number of hydrogen-bond donors (Lipinski definition) is 0. The molecule has 0 bridgehead atoms. The Morgan fingerprint density at radius 3 is 1.67 bits per heavy atom. The second kappa shape index (κ2) is 15.5. The zero-order valence-electron chi connectivity index (χ0n) is 40.5. The normalized spacial score (nSPS) is 14.2. The van der Waals surface area contributed by atoms with Crippen LogP contribution in [-0.2, 0) is 27.1 Å².